The highest BCUT2D eigenvalue weighted by Crippen LogP contribution is 2.33. The first-order valence-electron chi connectivity index (χ1n) is 10.3. The molecule has 166 valence electrons. The summed E-state index contributed by atoms with van der Waals surface area (Å²) in [5.74, 6) is 0.390. The zero-order chi connectivity index (χ0) is 23.4. The fraction of sp³-hybridized carbons (Fsp3) is 0.115. The average molecular weight is 459 g/mol. The lowest BCUT2D eigenvalue weighted by molar-refractivity contribution is -0.127. The maximum absolute atomic E-state index is 12.8. The highest BCUT2D eigenvalue weighted by molar-refractivity contribution is 8.18. The van der Waals surface area contributed by atoms with Crippen LogP contribution in [0.3, 0.4) is 0 Å². The monoisotopic (exact) mass is 458 g/mol. The highest BCUT2D eigenvalue weighted by Gasteiger charge is 2.36. The van der Waals surface area contributed by atoms with Crippen LogP contribution >= 0.6 is 11.8 Å². The van der Waals surface area contributed by atoms with Crippen LogP contribution in [0.15, 0.2) is 77.7 Å². The number of nitrogens with zero attached hydrogens (tertiary/aromatic N) is 1. The minimum atomic E-state index is -0.491. The van der Waals surface area contributed by atoms with E-state index in [0.29, 0.717) is 22.7 Å². The van der Waals surface area contributed by atoms with Gasteiger partial charge in [0.1, 0.15) is 18.0 Å². The molecule has 1 heterocycles. The maximum atomic E-state index is 12.8. The van der Waals surface area contributed by atoms with E-state index in [-0.39, 0.29) is 11.4 Å². The van der Waals surface area contributed by atoms with E-state index in [1.54, 1.807) is 18.2 Å². The molecular weight excluding hydrogens is 436 g/mol. The number of ether oxygens (including phenoxy) is 1. The Morgan fingerprint density at radius 2 is 1.70 bits per heavy atom. The molecule has 6 nitrogen and oxygen atoms in total. The van der Waals surface area contributed by atoms with Crippen molar-refractivity contribution in [3.05, 3.63) is 94.4 Å². The smallest absolute Gasteiger partial charge is 0.294 e. The summed E-state index contributed by atoms with van der Waals surface area (Å²) in [5.41, 5.74) is 3.50. The predicted molar refractivity (Wildman–Crippen MR) is 130 cm³/mol. The second-order valence-electron chi connectivity index (χ2n) is 7.60. The first kappa shape index (κ1) is 22.4. The molecule has 1 fully saturated rings. The molecule has 3 aromatic carbocycles. The van der Waals surface area contributed by atoms with Crippen molar-refractivity contribution in [1.82, 2.24) is 4.90 Å². The van der Waals surface area contributed by atoms with Crippen LogP contribution in [0.25, 0.3) is 6.08 Å². The summed E-state index contributed by atoms with van der Waals surface area (Å²) in [5, 5.41) is 2.27. The number of nitrogens with one attached hydrogen (secondary N) is 1. The lowest BCUT2D eigenvalue weighted by Crippen LogP contribution is -2.36. The number of imide groups is 1. The molecule has 33 heavy (non-hydrogen) atoms. The van der Waals surface area contributed by atoms with Crippen molar-refractivity contribution in [2.45, 2.75) is 13.8 Å². The lowest BCUT2D eigenvalue weighted by atomic mass is 10.1. The van der Waals surface area contributed by atoms with Gasteiger partial charge >= 0.3 is 0 Å². The standard InChI is InChI=1S/C26H22N2O4S/c1-17-11-12-20(13-18(17)2)27-24(29)16-28-25(30)23(33-26(28)31)15-19-7-6-10-22(14-19)32-21-8-4-3-5-9-21/h3-15H,16H2,1-2H3,(H,27,29)/b23-15+. The SMILES string of the molecule is Cc1ccc(NC(=O)CN2C(=O)S/C(=C/c3cccc(Oc4ccccc4)c3)C2=O)cc1C. The molecule has 0 atom stereocenters. The number of thioether (sulfide) groups is 1. The molecule has 0 spiro atoms. The molecular formula is C26H22N2O4S. The van der Waals surface area contributed by atoms with E-state index in [4.69, 9.17) is 4.74 Å². The first-order valence-corrected chi connectivity index (χ1v) is 11.2. The molecule has 1 aliphatic rings. The van der Waals surface area contributed by atoms with Crippen LogP contribution in [-0.4, -0.2) is 28.5 Å². The molecule has 1 saturated heterocycles. The fourth-order valence-electron chi connectivity index (χ4n) is 3.24. The van der Waals surface area contributed by atoms with Gasteiger partial charge in [-0.25, -0.2) is 0 Å². The molecule has 0 unspecified atom stereocenters. The average Bonchev–Trinajstić information content (AvgIpc) is 3.04. The number of hydrogen-bond acceptors (Lipinski definition) is 5. The van der Waals surface area contributed by atoms with Crippen molar-refractivity contribution < 1.29 is 19.1 Å². The van der Waals surface area contributed by atoms with Gasteiger partial charge in [-0.3, -0.25) is 19.3 Å². The van der Waals surface area contributed by atoms with Gasteiger partial charge in [0.05, 0.1) is 4.91 Å². The van der Waals surface area contributed by atoms with Gasteiger partial charge in [-0.05, 0) is 84.8 Å². The van der Waals surface area contributed by atoms with Crippen LogP contribution in [0.1, 0.15) is 16.7 Å². The Labute approximate surface area is 196 Å². The Kier molecular flexibility index (Phi) is 6.60. The molecule has 0 aliphatic carbocycles. The van der Waals surface area contributed by atoms with E-state index in [1.165, 1.54) is 0 Å². The molecule has 0 radical (unpaired) electrons. The molecule has 3 amide bonds. The second kappa shape index (κ2) is 9.75. The third kappa shape index (κ3) is 5.51. The van der Waals surface area contributed by atoms with Crippen molar-refractivity contribution >= 4 is 40.6 Å². The number of benzene rings is 3. The Hall–Kier alpha value is -3.84. The normalized spacial score (nSPS) is 14.6. The highest BCUT2D eigenvalue weighted by atomic mass is 32.2. The van der Waals surface area contributed by atoms with Crippen molar-refractivity contribution in [3.63, 3.8) is 0 Å². The fourth-order valence-corrected chi connectivity index (χ4v) is 4.08. The van der Waals surface area contributed by atoms with E-state index in [2.05, 4.69) is 5.32 Å². The Morgan fingerprint density at radius 3 is 2.45 bits per heavy atom. The van der Waals surface area contributed by atoms with Gasteiger partial charge < -0.3 is 10.1 Å². The topological polar surface area (TPSA) is 75.7 Å². The van der Waals surface area contributed by atoms with Crippen molar-refractivity contribution in [2.24, 2.45) is 0 Å². The summed E-state index contributed by atoms with van der Waals surface area (Å²) in [4.78, 5) is 38.8. The van der Waals surface area contributed by atoms with E-state index in [9.17, 15) is 14.4 Å². The first-order chi connectivity index (χ1) is 15.9. The minimum absolute atomic E-state index is 0.260. The number of anilines is 1. The van der Waals surface area contributed by atoms with Crippen LogP contribution < -0.4 is 10.1 Å². The van der Waals surface area contributed by atoms with E-state index >= 15 is 0 Å². The van der Waals surface area contributed by atoms with Gasteiger partial charge in [0, 0.05) is 5.69 Å². The molecule has 1 N–H and O–H groups in total. The molecule has 7 heteroatoms. The summed E-state index contributed by atoms with van der Waals surface area (Å²) < 4.78 is 5.83. The molecule has 0 saturated carbocycles. The van der Waals surface area contributed by atoms with Gasteiger partial charge in [-0.15, -0.1) is 0 Å². The van der Waals surface area contributed by atoms with Crippen LogP contribution in [0.5, 0.6) is 11.5 Å². The van der Waals surface area contributed by atoms with Crippen molar-refractivity contribution in [3.8, 4) is 11.5 Å². The zero-order valence-corrected chi connectivity index (χ0v) is 19.0. The van der Waals surface area contributed by atoms with E-state index in [1.807, 2.05) is 74.5 Å². The zero-order valence-electron chi connectivity index (χ0n) is 18.2. The van der Waals surface area contributed by atoms with Gasteiger partial charge in [-0.1, -0.05) is 36.4 Å². The molecule has 0 bridgehead atoms. The van der Waals surface area contributed by atoms with Gasteiger partial charge in [0.25, 0.3) is 11.1 Å². The van der Waals surface area contributed by atoms with E-state index < -0.39 is 17.1 Å². The summed E-state index contributed by atoms with van der Waals surface area (Å²) in [7, 11) is 0. The van der Waals surface area contributed by atoms with Crippen LogP contribution in [0.4, 0.5) is 10.5 Å². The molecule has 1 aliphatic heterocycles. The summed E-state index contributed by atoms with van der Waals surface area (Å²) >= 11 is 0.817. The molecule has 4 rings (SSSR count). The number of carbonyl (C=O) groups excluding carboxylic acids is 3. The predicted octanol–water partition coefficient (Wildman–Crippen LogP) is 5.77. The molecule has 0 aromatic heterocycles. The van der Waals surface area contributed by atoms with Crippen LogP contribution in [-0.2, 0) is 9.59 Å². The number of aryl methyl sites for hydroxylation is 2. The van der Waals surface area contributed by atoms with Gasteiger partial charge in [-0.2, -0.15) is 0 Å². The van der Waals surface area contributed by atoms with Gasteiger partial charge in [0.2, 0.25) is 5.91 Å². The summed E-state index contributed by atoms with van der Waals surface area (Å²) in [6.45, 7) is 3.59. The third-order valence-electron chi connectivity index (χ3n) is 5.10. The molecule has 3 aromatic rings. The number of carbonyl (C=O) groups is 3. The third-order valence-corrected chi connectivity index (χ3v) is 6.01. The number of amides is 3. The Balaban J connectivity index is 1.43. The lowest BCUT2D eigenvalue weighted by Gasteiger charge is -2.13. The van der Waals surface area contributed by atoms with Crippen LogP contribution in [0, 0.1) is 13.8 Å². The number of hydrogen-bond donors (Lipinski definition) is 1. The Morgan fingerprint density at radius 1 is 0.939 bits per heavy atom. The minimum Gasteiger partial charge on any atom is -0.457 e. The van der Waals surface area contributed by atoms with Gasteiger partial charge in [0.15, 0.2) is 0 Å². The van der Waals surface area contributed by atoms with E-state index in [0.717, 1.165) is 27.8 Å². The quantitative estimate of drug-likeness (QED) is 0.475. The van der Waals surface area contributed by atoms with Crippen molar-refractivity contribution in [2.75, 3.05) is 11.9 Å². The summed E-state index contributed by atoms with van der Waals surface area (Å²) in [6, 6.07) is 22.1. The maximum Gasteiger partial charge on any atom is 0.294 e. The summed E-state index contributed by atoms with van der Waals surface area (Å²) in [6.07, 6.45) is 1.63. The van der Waals surface area contributed by atoms with Crippen molar-refractivity contribution in [1.29, 1.82) is 0 Å². The number of para-hydroxylation sites is 1. The largest absolute Gasteiger partial charge is 0.457 e. The van der Waals surface area contributed by atoms with Crippen LogP contribution in [0.2, 0.25) is 0 Å². The second-order valence-corrected chi connectivity index (χ2v) is 8.60. The number of rotatable bonds is 6. The Bertz CT molecular complexity index is 1250.